The van der Waals surface area contributed by atoms with Crippen molar-refractivity contribution in [3.8, 4) is 17.0 Å². The molecule has 3 rings (SSSR count). The zero-order chi connectivity index (χ0) is 22.8. The number of hydrogen-bond donors (Lipinski definition) is 2. The molecule has 31 heavy (non-hydrogen) atoms. The molecule has 0 saturated heterocycles. The Kier molecular flexibility index (Phi) is 6.56. The summed E-state index contributed by atoms with van der Waals surface area (Å²) in [5.41, 5.74) is 4.31. The molecule has 0 radical (unpaired) electrons. The topological polar surface area (TPSA) is 62.2 Å². The van der Waals surface area contributed by atoms with E-state index in [1.165, 1.54) is 11.3 Å². The van der Waals surface area contributed by atoms with Crippen LogP contribution in [0.25, 0.3) is 11.3 Å². The number of nitrogens with one attached hydrogen (secondary N) is 1. The minimum atomic E-state index is -0.190. The van der Waals surface area contributed by atoms with Gasteiger partial charge >= 0.3 is 0 Å². The average Bonchev–Trinajstić information content (AvgIpc) is 3.14. The first kappa shape index (κ1) is 23.0. The lowest BCUT2D eigenvalue weighted by atomic mass is 9.78. The van der Waals surface area contributed by atoms with E-state index in [-0.39, 0.29) is 16.7 Å². The number of aromatic hydroxyl groups is 1. The van der Waals surface area contributed by atoms with Crippen LogP contribution in [0.3, 0.4) is 0 Å². The second-order valence-corrected chi connectivity index (χ2v) is 10.9. The van der Waals surface area contributed by atoms with Crippen molar-refractivity contribution in [2.24, 2.45) is 0 Å². The zero-order valence-electron chi connectivity index (χ0n) is 19.2. The van der Waals surface area contributed by atoms with Crippen LogP contribution in [0.4, 0.5) is 0 Å². The number of carbonyl (C=O) groups excluding carboxylic acids is 1. The summed E-state index contributed by atoms with van der Waals surface area (Å²) >= 11 is 1.54. The number of phenolic OH excluding ortho intramolecular Hbond substituents is 1. The number of thiazole rings is 1. The molecule has 2 N–H and O–H groups in total. The molecule has 0 spiro atoms. The van der Waals surface area contributed by atoms with Gasteiger partial charge in [0.2, 0.25) is 5.91 Å². The van der Waals surface area contributed by atoms with Crippen molar-refractivity contribution < 1.29 is 9.90 Å². The first-order valence-electron chi connectivity index (χ1n) is 10.6. The Morgan fingerprint density at radius 1 is 1.00 bits per heavy atom. The molecule has 0 aliphatic rings. The van der Waals surface area contributed by atoms with Crippen LogP contribution in [0.15, 0.2) is 47.8 Å². The summed E-state index contributed by atoms with van der Waals surface area (Å²) < 4.78 is 0. The minimum Gasteiger partial charge on any atom is -0.507 e. The molecule has 0 aliphatic heterocycles. The van der Waals surface area contributed by atoms with Crippen molar-refractivity contribution in [3.05, 3.63) is 69.5 Å². The zero-order valence-corrected chi connectivity index (χ0v) is 20.1. The lowest BCUT2D eigenvalue weighted by Crippen LogP contribution is -2.24. The van der Waals surface area contributed by atoms with Crippen LogP contribution >= 0.6 is 11.3 Å². The van der Waals surface area contributed by atoms with Crippen LogP contribution in [0.1, 0.15) is 63.2 Å². The van der Waals surface area contributed by atoms with Crippen molar-refractivity contribution in [2.45, 2.75) is 65.3 Å². The summed E-state index contributed by atoms with van der Waals surface area (Å²) in [6, 6.07) is 13.8. The van der Waals surface area contributed by atoms with Crippen molar-refractivity contribution >= 4 is 17.2 Å². The van der Waals surface area contributed by atoms with E-state index in [0.29, 0.717) is 18.7 Å². The number of carbonyl (C=O) groups is 1. The highest BCUT2D eigenvalue weighted by Crippen LogP contribution is 2.42. The van der Waals surface area contributed by atoms with E-state index < -0.39 is 0 Å². The third-order valence-electron chi connectivity index (χ3n) is 5.22. The minimum absolute atomic E-state index is 0.0161. The van der Waals surface area contributed by atoms with Gasteiger partial charge < -0.3 is 10.4 Å². The molecule has 3 aromatic rings. The predicted molar refractivity (Wildman–Crippen MR) is 129 cm³/mol. The van der Waals surface area contributed by atoms with E-state index in [9.17, 15) is 9.90 Å². The second kappa shape index (κ2) is 8.83. The molecule has 1 aromatic heterocycles. The predicted octanol–water partition coefficient (Wildman–Crippen LogP) is 5.97. The number of amides is 1. The first-order chi connectivity index (χ1) is 14.4. The van der Waals surface area contributed by atoms with Gasteiger partial charge in [0, 0.05) is 22.1 Å². The van der Waals surface area contributed by atoms with Crippen LogP contribution in [0.2, 0.25) is 0 Å². The molecule has 5 heteroatoms. The molecule has 0 aliphatic carbocycles. The maximum absolute atomic E-state index is 12.2. The molecule has 0 saturated carbocycles. The summed E-state index contributed by atoms with van der Waals surface area (Å²) in [6.07, 6.45) is 0.362. The fourth-order valence-corrected chi connectivity index (χ4v) is 4.21. The van der Waals surface area contributed by atoms with Crippen molar-refractivity contribution in [3.63, 3.8) is 0 Å². The van der Waals surface area contributed by atoms with Crippen molar-refractivity contribution in [1.82, 2.24) is 10.3 Å². The van der Waals surface area contributed by atoms with E-state index >= 15 is 0 Å². The normalized spacial score (nSPS) is 12.1. The number of rotatable bonds is 5. The summed E-state index contributed by atoms with van der Waals surface area (Å²) in [6.45, 7) is 13.0. The number of benzene rings is 2. The van der Waals surface area contributed by atoms with Crippen LogP contribution < -0.4 is 5.32 Å². The van der Waals surface area contributed by atoms with E-state index in [1.54, 1.807) is 0 Å². The monoisotopic (exact) mass is 436 g/mol. The van der Waals surface area contributed by atoms with E-state index in [1.807, 2.05) is 47.8 Å². The quantitative estimate of drug-likeness (QED) is 0.518. The fraction of sp³-hybridized carbons (Fsp3) is 0.385. The van der Waals surface area contributed by atoms with Crippen LogP contribution in [-0.4, -0.2) is 16.0 Å². The number of hydrogen-bond acceptors (Lipinski definition) is 4. The second-order valence-electron chi connectivity index (χ2n) is 9.99. The smallest absolute Gasteiger partial charge is 0.224 e. The molecule has 1 amide bonds. The Labute approximate surface area is 189 Å². The van der Waals surface area contributed by atoms with Crippen LogP contribution in [-0.2, 0) is 28.6 Å². The molecular weight excluding hydrogens is 404 g/mol. The molecule has 2 aromatic carbocycles. The van der Waals surface area contributed by atoms with Gasteiger partial charge in [0.15, 0.2) is 0 Å². The standard InChI is InChI=1S/C26H32N2O2S/c1-25(2,3)19-13-18(14-20(24(19)30)26(4,5)6)21-16-31-23(28-21)15-27-22(29)12-17-10-8-7-9-11-17/h7-11,13-14,16,30H,12,15H2,1-6H3,(H,27,29). The maximum Gasteiger partial charge on any atom is 0.224 e. The largest absolute Gasteiger partial charge is 0.507 e. The SMILES string of the molecule is CC(C)(C)c1cc(-c2csc(CNC(=O)Cc3ccccc3)n2)cc(C(C)(C)C)c1O. The molecule has 0 bridgehead atoms. The van der Waals surface area contributed by atoms with E-state index in [2.05, 4.69) is 46.9 Å². The molecule has 0 unspecified atom stereocenters. The Bertz CT molecular complexity index is 1020. The molecule has 4 nitrogen and oxygen atoms in total. The van der Waals surface area contributed by atoms with Gasteiger partial charge in [-0.2, -0.15) is 0 Å². The summed E-state index contributed by atoms with van der Waals surface area (Å²) in [5, 5.41) is 16.8. The highest BCUT2D eigenvalue weighted by Gasteiger charge is 2.27. The highest BCUT2D eigenvalue weighted by molar-refractivity contribution is 7.09. The molecule has 0 atom stereocenters. The van der Waals surface area contributed by atoms with Gasteiger partial charge in [0.25, 0.3) is 0 Å². The summed E-state index contributed by atoms with van der Waals surface area (Å²) in [5.74, 6) is 0.352. The van der Waals surface area contributed by atoms with Crippen molar-refractivity contribution in [2.75, 3.05) is 0 Å². The van der Waals surface area contributed by atoms with Gasteiger partial charge in [0.1, 0.15) is 10.8 Å². The molecule has 1 heterocycles. The van der Waals surface area contributed by atoms with E-state index in [0.717, 1.165) is 33.0 Å². The maximum atomic E-state index is 12.2. The Hall–Kier alpha value is -2.66. The Balaban J connectivity index is 1.81. The van der Waals surface area contributed by atoms with E-state index in [4.69, 9.17) is 4.98 Å². The molecule has 164 valence electrons. The summed E-state index contributed by atoms with van der Waals surface area (Å²) in [4.78, 5) is 17.0. The molecule has 0 fully saturated rings. The van der Waals surface area contributed by atoms with Crippen LogP contribution in [0, 0.1) is 0 Å². The van der Waals surface area contributed by atoms with Gasteiger partial charge in [-0.05, 0) is 28.5 Å². The van der Waals surface area contributed by atoms with Gasteiger partial charge in [-0.25, -0.2) is 4.98 Å². The number of aromatic nitrogens is 1. The highest BCUT2D eigenvalue weighted by atomic mass is 32.1. The lowest BCUT2D eigenvalue weighted by Gasteiger charge is -2.28. The number of nitrogens with zero attached hydrogens (tertiary/aromatic N) is 1. The third kappa shape index (κ3) is 5.73. The average molecular weight is 437 g/mol. The Morgan fingerprint density at radius 2 is 1.58 bits per heavy atom. The van der Waals surface area contributed by atoms with Crippen LogP contribution in [0.5, 0.6) is 5.75 Å². The first-order valence-corrected chi connectivity index (χ1v) is 11.5. The van der Waals surface area contributed by atoms with Gasteiger partial charge in [-0.15, -0.1) is 11.3 Å². The fourth-order valence-electron chi connectivity index (χ4n) is 3.47. The molecular formula is C26H32N2O2S. The summed E-state index contributed by atoms with van der Waals surface area (Å²) in [7, 11) is 0. The van der Waals surface area contributed by atoms with Gasteiger partial charge in [-0.1, -0.05) is 71.9 Å². The van der Waals surface area contributed by atoms with Gasteiger partial charge in [-0.3, -0.25) is 4.79 Å². The third-order valence-corrected chi connectivity index (χ3v) is 6.07. The van der Waals surface area contributed by atoms with Gasteiger partial charge in [0.05, 0.1) is 18.7 Å². The number of phenols is 1. The lowest BCUT2D eigenvalue weighted by molar-refractivity contribution is -0.120. The van der Waals surface area contributed by atoms with Crippen molar-refractivity contribution in [1.29, 1.82) is 0 Å². The Morgan fingerprint density at radius 3 is 2.13 bits per heavy atom.